The van der Waals surface area contributed by atoms with Crippen molar-refractivity contribution in [2.45, 2.75) is 13.0 Å². The average Bonchev–Trinajstić information content (AvgIpc) is 3.17. The van der Waals surface area contributed by atoms with Gasteiger partial charge in [0.2, 0.25) is 5.69 Å². The summed E-state index contributed by atoms with van der Waals surface area (Å²) < 4.78 is 38.4. The second kappa shape index (κ2) is 9.17. The second-order valence-electron chi connectivity index (χ2n) is 6.36. The molecule has 1 N–H and O–H groups in total. The highest BCUT2D eigenvalue weighted by Gasteiger charge is 2.22. The molecular weight excluding hydrogens is 396 g/mol. The molecule has 0 radical (unpaired) electrons. The van der Waals surface area contributed by atoms with Gasteiger partial charge in [-0.2, -0.15) is 5.10 Å². The van der Waals surface area contributed by atoms with Crippen LogP contribution in [0.5, 0.6) is 5.75 Å². The number of ether oxygens (including phenoxy) is 2. The number of nitrogens with zero attached hydrogens (tertiary/aromatic N) is 2. The van der Waals surface area contributed by atoms with E-state index in [2.05, 4.69) is 10.4 Å². The van der Waals surface area contributed by atoms with E-state index in [1.165, 1.54) is 31.0 Å². The average molecular weight is 415 g/mol. The van der Waals surface area contributed by atoms with Gasteiger partial charge in [0.15, 0.2) is 12.4 Å². The Morgan fingerprint density at radius 2 is 1.90 bits per heavy atom. The number of nitrogens with one attached hydrogen (secondary N) is 1. The van der Waals surface area contributed by atoms with Crippen LogP contribution in [0.3, 0.4) is 0 Å². The van der Waals surface area contributed by atoms with Gasteiger partial charge in [-0.3, -0.25) is 4.79 Å². The molecule has 156 valence electrons. The van der Waals surface area contributed by atoms with Gasteiger partial charge in [0.05, 0.1) is 25.0 Å². The summed E-state index contributed by atoms with van der Waals surface area (Å²) in [7, 11) is 1.38. The van der Waals surface area contributed by atoms with E-state index >= 15 is 0 Å². The van der Waals surface area contributed by atoms with Crippen molar-refractivity contribution in [3.63, 3.8) is 0 Å². The molecule has 0 aliphatic rings. The minimum Gasteiger partial charge on any atom is -0.493 e. The van der Waals surface area contributed by atoms with E-state index in [1.54, 1.807) is 12.1 Å². The van der Waals surface area contributed by atoms with Crippen LogP contribution in [0.2, 0.25) is 0 Å². The maximum atomic E-state index is 13.8. The third-order valence-corrected chi connectivity index (χ3v) is 4.26. The first-order chi connectivity index (χ1) is 14.4. The Morgan fingerprint density at radius 1 is 1.17 bits per heavy atom. The Balaban J connectivity index is 1.62. The van der Waals surface area contributed by atoms with E-state index in [9.17, 15) is 18.4 Å². The van der Waals surface area contributed by atoms with E-state index in [1.807, 2.05) is 18.2 Å². The Kier molecular flexibility index (Phi) is 6.41. The summed E-state index contributed by atoms with van der Waals surface area (Å²) in [4.78, 5) is 24.4. The maximum Gasteiger partial charge on any atom is 0.363 e. The smallest absolute Gasteiger partial charge is 0.363 e. The molecular formula is C21H19F2N3O4. The van der Waals surface area contributed by atoms with Crippen molar-refractivity contribution in [3.05, 3.63) is 77.6 Å². The number of esters is 1. The number of carbonyl (C=O) groups is 2. The molecule has 1 amide bonds. The predicted octanol–water partition coefficient (Wildman–Crippen LogP) is 3.19. The molecule has 0 unspecified atom stereocenters. The minimum atomic E-state index is -0.850. The Bertz CT molecular complexity index is 1050. The zero-order valence-electron chi connectivity index (χ0n) is 16.3. The fraction of sp³-hybridized carbons (Fsp3) is 0.190. The molecule has 2 aromatic carbocycles. The highest BCUT2D eigenvalue weighted by molar-refractivity contribution is 5.92. The zero-order chi connectivity index (χ0) is 21.7. The van der Waals surface area contributed by atoms with Crippen LogP contribution >= 0.6 is 0 Å². The monoisotopic (exact) mass is 415 g/mol. The van der Waals surface area contributed by atoms with Crippen molar-refractivity contribution in [2.75, 3.05) is 13.7 Å². The van der Waals surface area contributed by atoms with Gasteiger partial charge in [-0.1, -0.05) is 24.3 Å². The van der Waals surface area contributed by atoms with Crippen LogP contribution in [0.4, 0.5) is 8.78 Å². The van der Waals surface area contributed by atoms with E-state index < -0.39 is 36.2 Å². The molecule has 3 aromatic rings. The summed E-state index contributed by atoms with van der Waals surface area (Å²) in [5, 5.41) is 6.65. The van der Waals surface area contributed by atoms with E-state index in [4.69, 9.17) is 9.47 Å². The van der Waals surface area contributed by atoms with Gasteiger partial charge >= 0.3 is 5.97 Å². The fourth-order valence-corrected chi connectivity index (χ4v) is 2.77. The van der Waals surface area contributed by atoms with E-state index in [-0.39, 0.29) is 17.0 Å². The minimum absolute atomic E-state index is 0.0909. The Morgan fingerprint density at radius 3 is 2.57 bits per heavy atom. The van der Waals surface area contributed by atoms with Crippen molar-refractivity contribution in [2.24, 2.45) is 0 Å². The molecule has 0 aliphatic carbocycles. The van der Waals surface area contributed by atoms with Gasteiger partial charge in [0, 0.05) is 11.6 Å². The highest BCUT2D eigenvalue weighted by Crippen LogP contribution is 2.21. The van der Waals surface area contributed by atoms with Crippen LogP contribution in [-0.4, -0.2) is 35.4 Å². The first kappa shape index (κ1) is 21.0. The summed E-state index contributed by atoms with van der Waals surface area (Å²) in [5.41, 5.74) is 0.730. The van der Waals surface area contributed by atoms with Gasteiger partial charge in [-0.25, -0.2) is 18.3 Å². The topological polar surface area (TPSA) is 82.5 Å². The molecule has 1 atom stereocenters. The molecule has 0 saturated carbocycles. The SMILES string of the molecule is COc1cn(-c2ccccc2)nc1C(=O)OCC(=O)N[C@@H](C)c1ccc(F)cc1F. The van der Waals surface area contributed by atoms with Gasteiger partial charge < -0.3 is 14.8 Å². The quantitative estimate of drug-likeness (QED) is 0.600. The van der Waals surface area contributed by atoms with Crippen LogP contribution < -0.4 is 10.1 Å². The lowest BCUT2D eigenvalue weighted by Gasteiger charge is -2.15. The molecule has 1 heterocycles. The number of rotatable bonds is 7. The molecule has 3 rings (SSSR count). The zero-order valence-corrected chi connectivity index (χ0v) is 16.3. The van der Waals surface area contributed by atoms with Gasteiger partial charge in [0.1, 0.15) is 11.6 Å². The lowest BCUT2D eigenvalue weighted by atomic mass is 10.1. The first-order valence-electron chi connectivity index (χ1n) is 8.99. The molecule has 0 spiro atoms. The number of amides is 1. The number of aromatic nitrogens is 2. The lowest BCUT2D eigenvalue weighted by Crippen LogP contribution is -2.31. The standard InChI is InChI=1S/C21H19F2N3O4/c1-13(16-9-8-14(22)10-17(16)23)24-19(27)12-30-21(28)20-18(29-2)11-26(25-20)15-6-4-3-5-7-15/h3-11,13H,12H2,1-2H3,(H,24,27)/t13-/m0/s1. The normalized spacial score (nSPS) is 11.6. The molecule has 0 saturated heterocycles. The summed E-state index contributed by atoms with van der Waals surface area (Å²) in [6, 6.07) is 11.4. The number of hydrogen-bond acceptors (Lipinski definition) is 5. The van der Waals surface area contributed by atoms with Crippen molar-refractivity contribution >= 4 is 11.9 Å². The Hall–Kier alpha value is -3.75. The lowest BCUT2D eigenvalue weighted by molar-refractivity contribution is -0.124. The third kappa shape index (κ3) is 4.80. The van der Waals surface area contributed by atoms with Crippen molar-refractivity contribution < 1.29 is 27.8 Å². The molecule has 1 aromatic heterocycles. The first-order valence-corrected chi connectivity index (χ1v) is 8.99. The molecule has 9 heteroatoms. The number of carbonyl (C=O) groups excluding carboxylic acids is 2. The summed E-state index contributed by atoms with van der Waals surface area (Å²) in [5.74, 6) is -2.81. The molecule has 0 fully saturated rings. The summed E-state index contributed by atoms with van der Waals surface area (Å²) in [6.45, 7) is 0.925. The maximum absolute atomic E-state index is 13.8. The van der Waals surface area contributed by atoms with Crippen LogP contribution in [0, 0.1) is 11.6 Å². The molecule has 7 nitrogen and oxygen atoms in total. The van der Waals surface area contributed by atoms with Crippen LogP contribution in [0.15, 0.2) is 54.7 Å². The van der Waals surface area contributed by atoms with Crippen molar-refractivity contribution in [3.8, 4) is 11.4 Å². The van der Waals surface area contributed by atoms with Gasteiger partial charge in [0.25, 0.3) is 5.91 Å². The van der Waals surface area contributed by atoms with Gasteiger partial charge in [-0.05, 0) is 25.1 Å². The van der Waals surface area contributed by atoms with Gasteiger partial charge in [-0.15, -0.1) is 0 Å². The number of para-hydroxylation sites is 1. The van der Waals surface area contributed by atoms with Crippen LogP contribution in [0.1, 0.15) is 29.0 Å². The molecule has 0 aliphatic heterocycles. The summed E-state index contributed by atoms with van der Waals surface area (Å²) >= 11 is 0. The number of benzene rings is 2. The van der Waals surface area contributed by atoms with Crippen LogP contribution in [-0.2, 0) is 9.53 Å². The van der Waals surface area contributed by atoms with E-state index in [0.29, 0.717) is 5.69 Å². The number of halogens is 2. The fourth-order valence-electron chi connectivity index (χ4n) is 2.77. The van der Waals surface area contributed by atoms with Crippen molar-refractivity contribution in [1.29, 1.82) is 0 Å². The van der Waals surface area contributed by atoms with E-state index in [0.717, 1.165) is 12.1 Å². The predicted molar refractivity (Wildman–Crippen MR) is 103 cm³/mol. The largest absolute Gasteiger partial charge is 0.493 e. The van der Waals surface area contributed by atoms with Crippen LogP contribution in [0.25, 0.3) is 5.69 Å². The number of hydrogen-bond donors (Lipinski definition) is 1. The highest BCUT2D eigenvalue weighted by atomic mass is 19.1. The second-order valence-corrected chi connectivity index (χ2v) is 6.36. The Labute approximate surface area is 171 Å². The van der Waals surface area contributed by atoms with Crippen molar-refractivity contribution in [1.82, 2.24) is 15.1 Å². The molecule has 30 heavy (non-hydrogen) atoms. The summed E-state index contributed by atoms with van der Waals surface area (Å²) in [6.07, 6.45) is 1.52. The number of methoxy groups -OCH3 is 1. The third-order valence-electron chi connectivity index (χ3n) is 4.26. The molecule has 0 bridgehead atoms.